The molecule has 146 valence electrons. The van der Waals surface area contributed by atoms with E-state index in [-0.39, 0.29) is 0 Å². The molecule has 1 rings (SSSR count). The average Bonchev–Trinajstić information content (AvgIpc) is 2.66. The van der Waals surface area contributed by atoms with Gasteiger partial charge in [0.25, 0.3) is 0 Å². The zero-order valence-electron chi connectivity index (χ0n) is 17.3. The average molecular weight is 356 g/mol. The number of unbranched alkanes of at least 4 members (excludes halogenated alkanes) is 1. The maximum absolute atomic E-state index is 2.64. The van der Waals surface area contributed by atoms with E-state index in [0.717, 1.165) is 38.0 Å². The molecule has 0 N–H and O–H groups in total. The number of nitrogens with zero attached hydrogens (tertiary/aromatic N) is 1. The van der Waals surface area contributed by atoms with Gasteiger partial charge in [-0.3, -0.25) is 0 Å². The lowest BCUT2D eigenvalue weighted by Gasteiger charge is -2.29. The van der Waals surface area contributed by atoms with E-state index in [2.05, 4.69) is 79.5 Å². The first-order valence-corrected chi connectivity index (χ1v) is 10.8. The van der Waals surface area contributed by atoms with Crippen LogP contribution in [0.4, 0.5) is 0 Å². The molecule has 0 bridgehead atoms. The molecule has 26 heavy (non-hydrogen) atoms. The fourth-order valence-corrected chi connectivity index (χ4v) is 3.09. The zero-order chi connectivity index (χ0) is 18.7. The van der Waals surface area contributed by atoms with Crippen LogP contribution in [0.5, 0.6) is 0 Å². The van der Waals surface area contributed by atoms with E-state index in [9.17, 15) is 0 Å². The van der Waals surface area contributed by atoms with Crippen LogP contribution in [0.3, 0.4) is 0 Å². The number of rotatable bonds is 13. The summed E-state index contributed by atoms with van der Waals surface area (Å²) in [6.45, 7) is 8.46. The van der Waals surface area contributed by atoms with Crippen LogP contribution in [0, 0.1) is 5.92 Å². The highest BCUT2D eigenvalue weighted by atomic mass is 15.1. The Hall–Kier alpha value is -1.34. The van der Waals surface area contributed by atoms with Gasteiger partial charge in [0.15, 0.2) is 0 Å². The van der Waals surface area contributed by atoms with Crippen LogP contribution in [-0.4, -0.2) is 24.5 Å². The van der Waals surface area contributed by atoms with Gasteiger partial charge in [-0.1, -0.05) is 74.6 Å². The Morgan fingerprint density at radius 1 is 0.692 bits per heavy atom. The van der Waals surface area contributed by atoms with Crippen molar-refractivity contribution >= 4 is 0 Å². The molecule has 1 heterocycles. The number of piperidine rings is 1. The molecule has 1 heteroatoms. The molecular weight excluding hydrogens is 314 g/mol. The van der Waals surface area contributed by atoms with Crippen molar-refractivity contribution in [1.82, 2.24) is 4.90 Å². The van der Waals surface area contributed by atoms with Crippen LogP contribution in [0.15, 0.2) is 60.8 Å². The minimum atomic E-state index is 0.942. The summed E-state index contributed by atoms with van der Waals surface area (Å²) in [7, 11) is 0. The summed E-state index contributed by atoms with van der Waals surface area (Å²) >= 11 is 0. The molecule has 0 aliphatic carbocycles. The van der Waals surface area contributed by atoms with E-state index in [4.69, 9.17) is 0 Å². The van der Waals surface area contributed by atoms with Gasteiger partial charge >= 0.3 is 0 Å². The maximum atomic E-state index is 2.64. The highest BCUT2D eigenvalue weighted by Crippen LogP contribution is 2.16. The number of allylic oxidation sites excluding steroid dienone is 10. The third-order valence-corrected chi connectivity index (χ3v) is 4.88. The van der Waals surface area contributed by atoms with E-state index < -0.39 is 0 Å². The van der Waals surface area contributed by atoms with Crippen LogP contribution in [0.1, 0.15) is 71.6 Å². The van der Waals surface area contributed by atoms with E-state index in [0.29, 0.717) is 0 Å². The molecule has 0 radical (unpaired) electrons. The summed E-state index contributed by atoms with van der Waals surface area (Å²) < 4.78 is 0. The minimum absolute atomic E-state index is 0.942. The predicted octanol–water partition coefficient (Wildman–Crippen LogP) is 7.25. The molecule has 1 saturated heterocycles. The molecule has 0 amide bonds. The fraction of sp³-hybridized carbons (Fsp3) is 0.600. The monoisotopic (exact) mass is 355 g/mol. The summed E-state index contributed by atoms with van der Waals surface area (Å²) in [5.74, 6) is 0.942. The van der Waals surface area contributed by atoms with Gasteiger partial charge in [0.2, 0.25) is 0 Å². The highest BCUT2D eigenvalue weighted by molar-refractivity contribution is 5.00. The smallest absolute Gasteiger partial charge is 0.00158 e. The van der Waals surface area contributed by atoms with Gasteiger partial charge in [0.05, 0.1) is 0 Å². The van der Waals surface area contributed by atoms with Crippen LogP contribution < -0.4 is 0 Å². The largest absolute Gasteiger partial charge is 0.303 e. The van der Waals surface area contributed by atoms with E-state index in [1.807, 2.05) is 0 Å². The Labute approximate surface area is 163 Å². The lowest BCUT2D eigenvalue weighted by Crippen LogP contribution is -2.33. The normalized spacial score (nSPS) is 17.9. The molecule has 0 atom stereocenters. The molecule has 0 saturated carbocycles. The number of hydrogen-bond acceptors (Lipinski definition) is 1. The zero-order valence-corrected chi connectivity index (χ0v) is 17.3. The Morgan fingerprint density at radius 3 is 1.65 bits per heavy atom. The second-order valence-electron chi connectivity index (χ2n) is 7.37. The molecule has 0 aromatic heterocycles. The van der Waals surface area contributed by atoms with Crippen LogP contribution >= 0.6 is 0 Å². The van der Waals surface area contributed by atoms with E-state index in [1.54, 1.807) is 0 Å². The van der Waals surface area contributed by atoms with E-state index in [1.165, 1.54) is 45.3 Å². The SMILES string of the molecule is CC/C=C\C/C=C\C/C=C\C/C=C\C/C=C\CCCN1CCC(C)CC1. The Morgan fingerprint density at radius 2 is 1.15 bits per heavy atom. The third kappa shape index (κ3) is 13.9. The second-order valence-corrected chi connectivity index (χ2v) is 7.37. The predicted molar refractivity (Wildman–Crippen MR) is 119 cm³/mol. The number of likely N-dealkylation sites (tertiary alicyclic amines) is 1. The van der Waals surface area contributed by atoms with Gasteiger partial charge < -0.3 is 4.90 Å². The van der Waals surface area contributed by atoms with Gasteiger partial charge in [-0.05, 0) is 83.3 Å². The van der Waals surface area contributed by atoms with Crippen LogP contribution in [0.25, 0.3) is 0 Å². The molecule has 1 fully saturated rings. The third-order valence-electron chi connectivity index (χ3n) is 4.88. The van der Waals surface area contributed by atoms with Crippen molar-refractivity contribution in [3.8, 4) is 0 Å². The van der Waals surface area contributed by atoms with Gasteiger partial charge in [-0.2, -0.15) is 0 Å². The van der Waals surface area contributed by atoms with Crippen molar-refractivity contribution in [3.05, 3.63) is 60.8 Å². The summed E-state index contributed by atoms with van der Waals surface area (Å²) in [6.07, 6.45) is 33.3. The Kier molecular flexibility index (Phi) is 14.9. The highest BCUT2D eigenvalue weighted by Gasteiger charge is 2.14. The Balaban J connectivity index is 1.91. The summed E-state index contributed by atoms with van der Waals surface area (Å²) in [4.78, 5) is 2.64. The molecule has 1 aliphatic heterocycles. The summed E-state index contributed by atoms with van der Waals surface area (Å²) in [5.41, 5.74) is 0. The van der Waals surface area contributed by atoms with Gasteiger partial charge in [-0.25, -0.2) is 0 Å². The minimum Gasteiger partial charge on any atom is -0.303 e. The van der Waals surface area contributed by atoms with Crippen molar-refractivity contribution in [2.75, 3.05) is 19.6 Å². The lowest BCUT2D eigenvalue weighted by atomic mass is 9.99. The van der Waals surface area contributed by atoms with Crippen molar-refractivity contribution in [2.45, 2.75) is 71.6 Å². The lowest BCUT2D eigenvalue weighted by molar-refractivity contribution is 0.191. The topological polar surface area (TPSA) is 3.24 Å². The Bertz CT molecular complexity index is 445. The first kappa shape index (κ1) is 22.7. The molecule has 0 aromatic carbocycles. The standard InChI is InChI=1S/C25H41N/c1-3-4-5-6-7-8-9-10-11-12-13-14-15-16-17-18-19-22-26-23-20-25(2)21-24-26/h4-5,7-8,10-11,13-14,16-17,25H,3,6,9,12,15,18-24H2,1-2H3/b5-4-,8-7-,11-10-,14-13-,17-16-. The van der Waals surface area contributed by atoms with Gasteiger partial charge in [-0.15, -0.1) is 0 Å². The van der Waals surface area contributed by atoms with Crippen molar-refractivity contribution in [1.29, 1.82) is 0 Å². The van der Waals surface area contributed by atoms with Crippen molar-refractivity contribution in [2.24, 2.45) is 5.92 Å². The van der Waals surface area contributed by atoms with Gasteiger partial charge in [0, 0.05) is 0 Å². The molecule has 0 spiro atoms. The fourth-order valence-electron chi connectivity index (χ4n) is 3.09. The summed E-state index contributed by atoms with van der Waals surface area (Å²) in [6, 6.07) is 0. The molecule has 0 unspecified atom stereocenters. The quantitative estimate of drug-likeness (QED) is 0.248. The maximum Gasteiger partial charge on any atom is -0.00158 e. The molecule has 0 aromatic rings. The van der Waals surface area contributed by atoms with Crippen LogP contribution in [-0.2, 0) is 0 Å². The second kappa shape index (κ2) is 17.1. The number of hydrogen-bond donors (Lipinski definition) is 0. The van der Waals surface area contributed by atoms with E-state index >= 15 is 0 Å². The molecule has 1 nitrogen and oxygen atoms in total. The summed E-state index contributed by atoms with van der Waals surface area (Å²) in [5, 5.41) is 0. The first-order chi connectivity index (χ1) is 12.8. The van der Waals surface area contributed by atoms with Gasteiger partial charge in [0.1, 0.15) is 0 Å². The molecular formula is C25H41N. The van der Waals surface area contributed by atoms with Crippen LogP contribution in [0.2, 0.25) is 0 Å². The van der Waals surface area contributed by atoms with Crippen molar-refractivity contribution < 1.29 is 0 Å². The first-order valence-electron chi connectivity index (χ1n) is 10.8. The van der Waals surface area contributed by atoms with Crippen molar-refractivity contribution in [3.63, 3.8) is 0 Å². The molecule has 1 aliphatic rings.